The van der Waals surface area contributed by atoms with E-state index >= 15 is 0 Å². The van der Waals surface area contributed by atoms with E-state index in [1.807, 2.05) is 6.07 Å². The first-order chi connectivity index (χ1) is 9.48. The minimum Gasteiger partial charge on any atom is -0.306 e. The van der Waals surface area contributed by atoms with Crippen LogP contribution in [0, 0.1) is 0 Å². The highest BCUT2D eigenvalue weighted by molar-refractivity contribution is 5.32. The Morgan fingerprint density at radius 2 is 1.90 bits per heavy atom. The van der Waals surface area contributed by atoms with E-state index in [-0.39, 0.29) is 5.56 Å². The highest BCUT2D eigenvalue weighted by atomic mass is 19.4. The Hall–Kier alpha value is -1.88. The highest BCUT2D eigenvalue weighted by Crippen LogP contribution is 2.34. The summed E-state index contributed by atoms with van der Waals surface area (Å²) in [6.07, 6.45) is -0.984. The largest absolute Gasteiger partial charge is 0.416 e. The Labute approximate surface area is 115 Å². The Bertz CT molecular complexity index is 553. The van der Waals surface area contributed by atoms with Gasteiger partial charge in [0.1, 0.15) is 0 Å². The fourth-order valence-electron chi connectivity index (χ4n) is 2.02. The summed E-state index contributed by atoms with van der Waals surface area (Å²) in [6.45, 7) is 2.20. The van der Waals surface area contributed by atoms with Crippen LogP contribution in [0.5, 0.6) is 0 Å². The molecule has 1 aromatic carbocycles. The number of aromatic nitrogens is 1. The third kappa shape index (κ3) is 3.57. The van der Waals surface area contributed by atoms with Crippen molar-refractivity contribution < 1.29 is 13.2 Å². The summed E-state index contributed by atoms with van der Waals surface area (Å²) in [4.78, 5) is 3.97. The Morgan fingerprint density at radius 1 is 1.15 bits per heavy atom. The standard InChI is InChI=1S/C15H15F3N2/c1-11(20-10-12-5-4-8-19-9-12)13-6-2-3-7-14(13)15(16,17)18/h2-9,11,20H,10H2,1H3. The molecule has 0 saturated carbocycles. The quantitative estimate of drug-likeness (QED) is 0.917. The van der Waals surface area contributed by atoms with Gasteiger partial charge in [0.15, 0.2) is 0 Å². The summed E-state index contributed by atoms with van der Waals surface area (Å²) in [6, 6.07) is 8.91. The van der Waals surface area contributed by atoms with Crippen molar-refractivity contribution in [2.45, 2.75) is 25.7 Å². The first-order valence-corrected chi connectivity index (χ1v) is 6.27. The number of nitrogens with one attached hydrogen (secondary N) is 1. The molecular formula is C15H15F3N2. The molecule has 1 atom stereocenters. The monoisotopic (exact) mass is 280 g/mol. The van der Waals surface area contributed by atoms with Crippen LogP contribution < -0.4 is 5.32 Å². The molecule has 0 radical (unpaired) electrons. The van der Waals surface area contributed by atoms with Crippen LogP contribution in [0.3, 0.4) is 0 Å². The molecule has 0 fully saturated rings. The predicted octanol–water partition coefficient (Wildman–Crippen LogP) is 3.95. The second-order valence-corrected chi connectivity index (χ2v) is 4.55. The van der Waals surface area contributed by atoms with Crippen molar-refractivity contribution in [3.63, 3.8) is 0 Å². The lowest BCUT2D eigenvalue weighted by atomic mass is 10.0. The summed E-state index contributed by atoms with van der Waals surface area (Å²) in [5, 5.41) is 3.09. The second kappa shape index (κ2) is 6.05. The molecule has 0 saturated heterocycles. The van der Waals surface area contributed by atoms with Gasteiger partial charge in [-0.25, -0.2) is 0 Å². The molecule has 0 aliphatic carbocycles. The van der Waals surface area contributed by atoms with E-state index in [2.05, 4.69) is 10.3 Å². The average molecular weight is 280 g/mol. The highest BCUT2D eigenvalue weighted by Gasteiger charge is 2.33. The van der Waals surface area contributed by atoms with E-state index in [4.69, 9.17) is 0 Å². The maximum absolute atomic E-state index is 12.9. The molecule has 1 N–H and O–H groups in total. The van der Waals surface area contributed by atoms with Crippen molar-refractivity contribution in [2.75, 3.05) is 0 Å². The molecule has 0 bridgehead atoms. The first-order valence-electron chi connectivity index (χ1n) is 6.27. The van der Waals surface area contributed by atoms with Gasteiger partial charge in [0.25, 0.3) is 0 Å². The van der Waals surface area contributed by atoms with E-state index in [0.717, 1.165) is 11.6 Å². The molecule has 0 spiro atoms. The van der Waals surface area contributed by atoms with E-state index in [1.54, 1.807) is 31.5 Å². The number of benzene rings is 1. The minimum atomic E-state index is -4.33. The van der Waals surface area contributed by atoms with Crippen LogP contribution in [0.1, 0.15) is 29.7 Å². The van der Waals surface area contributed by atoms with Crippen molar-refractivity contribution in [2.24, 2.45) is 0 Å². The van der Waals surface area contributed by atoms with Gasteiger partial charge >= 0.3 is 6.18 Å². The smallest absolute Gasteiger partial charge is 0.306 e. The lowest BCUT2D eigenvalue weighted by molar-refractivity contribution is -0.138. The normalized spacial score (nSPS) is 13.2. The maximum Gasteiger partial charge on any atom is 0.416 e. The molecule has 2 aromatic rings. The van der Waals surface area contributed by atoms with Crippen LogP contribution in [0.2, 0.25) is 0 Å². The molecule has 0 aliphatic heterocycles. The maximum atomic E-state index is 12.9. The number of hydrogen-bond acceptors (Lipinski definition) is 2. The van der Waals surface area contributed by atoms with Gasteiger partial charge in [-0.2, -0.15) is 13.2 Å². The molecule has 0 aliphatic rings. The molecule has 20 heavy (non-hydrogen) atoms. The van der Waals surface area contributed by atoms with Crippen molar-refractivity contribution in [1.29, 1.82) is 0 Å². The molecule has 2 nitrogen and oxygen atoms in total. The topological polar surface area (TPSA) is 24.9 Å². The Kier molecular flexibility index (Phi) is 4.39. The van der Waals surface area contributed by atoms with Crippen LogP contribution >= 0.6 is 0 Å². The third-order valence-electron chi connectivity index (χ3n) is 3.07. The van der Waals surface area contributed by atoms with Gasteiger partial charge in [-0.15, -0.1) is 0 Å². The van der Waals surface area contributed by atoms with Crippen LogP contribution in [0.25, 0.3) is 0 Å². The van der Waals surface area contributed by atoms with Gasteiger partial charge in [0.05, 0.1) is 5.56 Å². The van der Waals surface area contributed by atoms with E-state index < -0.39 is 17.8 Å². The summed E-state index contributed by atoms with van der Waals surface area (Å²) in [5.41, 5.74) is 0.596. The van der Waals surface area contributed by atoms with Crippen LogP contribution in [0.15, 0.2) is 48.8 Å². The van der Waals surface area contributed by atoms with Crippen molar-refractivity contribution in [1.82, 2.24) is 10.3 Å². The predicted molar refractivity (Wildman–Crippen MR) is 70.9 cm³/mol. The van der Waals surface area contributed by atoms with E-state index in [9.17, 15) is 13.2 Å². The molecule has 106 valence electrons. The zero-order valence-corrected chi connectivity index (χ0v) is 11.0. The molecule has 5 heteroatoms. The van der Waals surface area contributed by atoms with Crippen molar-refractivity contribution in [3.8, 4) is 0 Å². The zero-order chi connectivity index (χ0) is 14.6. The third-order valence-corrected chi connectivity index (χ3v) is 3.07. The molecule has 0 amide bonds. The molecule has 1 unspecified atom stereocenters. The van der Waals surface area contributed by atoms with Gasteiger partial charge in [0.2, 0.25) is 0 Å². The molecule has 1 heterocycles. The van der Waals surface area contributed by atoms with E-state index in [1.165, 1.54) is 12.1 Å². The van der Waals surface area contributed by atoms with Gasteiger partial charge in [0, 0.05) is 25.0 Å². The van der Waals surface area contributed by atoms with Crippen LogP contribution in [-0.2, 0) is 12.7 Å². The summed E-state index contributed by atoms with van der Waals surface area (Å²) < 4.78 is 38.8. The van der Waals surface area contributed by atoms with Gasteiger partial charge < -0.3 is 5.32 Å². The zero-order valence-electron chi connectivity index (χ0n) is 11.0. The van der Waals surface area contributed by atoms with Crippen molar-refractivity contribution >= 4 is 0 Å². The number of rotatable bonds is 4. The van der Waals surface area contributed by atoms with Crippen LogP contribution in [-0.4, -0.2) is 4.98 Å². The number of nitrogens with zero attached hydrogens (tertiary/aromatic N) is 1. The summed E-state index contributed by atoms with van der Waals surface area (Å²) in [5.74, 6) is 0. The number of pyridine rings is 1. The lowest BCUT2D eigenvalue weighted by Crippen LogP contribution is -2.21. The lowest BCUT2D eigenvalue weighted by Gasteiger charge is -2.19. The minimum absolute atomic E-state index is 0.254. The Morgan fingerprint density at radius 3 is 2.55 bits per heavy atom. The number of hydrogen-bond donors (Lipinski definition) is 1. The Balaban J connectivity index is 2.12. The fraction of sp³-hybridized carbons (Fsp3) is 0.267. The van der Waals surface area contributed by atoms with Crippen LogP contribution in [0.4, 0.5) is 13.2 Å². The van der Waals surface area contributed by atoms with Gasteiger partial charge in [-0.3, -0.25) is 4.98 Å². The number of halogens is 3. The summed E-state index contributed by atoms with van der Waals surface area (Å²) in [7, 11) is 0. The van der Waals surface area contributed by atoms with E-state index in [0.29, 0.717) is 6.54 Å². The van der Waals surface area contributed by atoms with Gasteiger partial charge in [-0.1, -0.05) is 24.3 Å². The number of alkyl halides is 3. The van der Waals surface area contributed by atoms with Crippen molar-refractivity contribution in [3.05, 3.63) is 65.5 Å². The second-order valence-electron chi connectivity index (χ2n) is 4.55. The molecule has 2 rings (SSSR count). The van der Waals surface area contributed by atoms with Gasteiger partial charge in [-0.05, 0) is 30.2 Å². The first kappa shape index (κ1) is 14.5. The average Bonchev–Trinajstić information content (AvgIpc) is 2.45. The summed E-state index contributed by atoms with van der Waals surface area (Å²) >= 11 is 0. The molecular weight excluding hydrogens is 265 g/mol. The fourth-order valence-corrected chi connectivity index (χ4v) is 2.02. The SMILES string of the molecule is CC(NCc1cccnc1)c1ccccc1C(F)(F)F. The molecule has 1 aromatic heterocycles.